The van der Waals surface area contributed by atoms with E-state index in [2.05, 4.69) is 13.8 Å². The molecule has 0 aliphatic carbocycles. The van der Waals surface area contributed by atoms with E-state index in [-0.39, 0.29) is 0 Å². The van der Waals surface area contributed by atoms with Crippen molar-refractivity contribution in [3.63, 3.8) is 0 Å². The molecule has 0 spiro atoms. The van der Waals surface area contributed by atoms with Crippen molar-refractivity contribution in [1.82, 2.24) is 0 Å². The molecule has 0 amide bonds. The Labute approximate surface area is 150 Å². The summed E-state index contributed by atoms with van der Waals surface area (Å²) in [7, 11) is 3.63. The predicted octanol–water partition coefficient (Wildman–Crippen LogP) is 3.79. The van der Waals surface area contributed by atoms with Crippen LogP contribution in [0.2, 0.25) is 4.66 Å². The third kappa shape index (κ3) is 4.88. The van der Waals surface area contributed by atoms with Crippen molar-refractivity contribution < 1.29 is 26.6 Å². The zero-order valence-electron chi connectivity index (χ0n) is 16.9. The first-order valence-electron chi connectivity index (χ1n) is 8.73. The Morgan fingerprint density at radius 1 is 0.583 bits per heavy atom. The molecule has 0 aliphatic heterocycles. The standard InChI is InChI=1S/C16H38O6Si2/c1-9-10-11-12-13-14-15-16(2,23(17-3,18-4)19-5)24(20-6,21-7)22-8/h9-15H2,1-8H3. The van der Waals surface area contributed by atoms with Gasteiger partial charge in [0.15, 0.2) is 0 Å². The van der Waals surface area contributed by atoms with Gasteiger partial charge >= 0.3 is 17.6 Å². The van der Waals surface area contributed by atoms with Crippen LogP contribution in [0, 0.1) is 0 Å². The van der Waals surface area contributed by atoms with Crippen LogP contribution < -0.4 is 0 Å². The fraction of sp³-hybridized carbons (Fsp3) is 1.00. The Hall–Kier alpha value is 0.194. The molecular weight excluding hydrogens is 344 g/mol. The van der Waals surface area contributed by atoms with Gasteiger partial charge < -0.3 is 26.6 Å². The average molecular weight is 383 g/mol. The fourth-order valence-electron chi connectivity index (χ4n) is 3.60. The Balaban J connectivity index is 5.43. The van der Waals surface area contributed by atoms with Crippen LogP contribution in [0.5, 0.6) is 0 Å². The van der Waals surface area contributed by atoms with Gasteiger partial charge in [0, 0.05) is 42.7 Å². The molecule has 24 heavy (non-hydrogen) atoms. The third-order valence-electron chi connectivity index (χ3n) is 4.99. The summed E-state index contributed by atoms with van der Waals surface area (Å²) in [5.74, 6) is 0. The van der Waals surface area contributed by atoms with Gasteiger partial charge in [-0.25, -0.2) is 0 Å². The minimum atomic E-state index is -3.06. The minimum Gasteiger partial charge on any atom is -0.377 e. The van der Waals surface area contributed by atoms with Crippen molar-refractivity contribution in [1.29, 1.82) is 0 Å². The van der Waals surface area contributed by atoms with Crippen molar-refractivity contribution >= 4 is 17.6 Å². The van der Waals surface area contributed by atoms with Gasteiger partial charge in [-0.1, -0.05) is 52.4 Å². The van der Waals surface area contributed by atoms with Gasteiger partial charge in [0.1, 0.15) is 4.66 Å². The SMILES string of the molecule is CCCCCCCCC(C)([Si](OC)(OC)OC)[Si](OC)(OC)OC. The van der Waals surface area contributed by atoms with E-state index in [9.17, 15) is 0 Å². The average Bonchev–Trinajstić information content (AvgIpc) is 2.62. The summed E-state index contributed by atoms with van der Waals surface area (Å²) in [5, 5.41) is 0. The van der Waals surface area contributed by atoms with Gasteiger partial charge in [-0.15, -0.1) is 0 Å². The summed E-state index contributed by atoms with van der Waals surface area (Å²) in [6.07, 6.45) is 8.02. The van der Waals surface area contributed by atoms with E-state index >= 15 is 0 Å². The van der Waals surface area contributed by atoms with Crippen LogP contribution in [-0.4, -0.2) is 60.3 Å². The van der Waals surface area contributed by atoms with Crippen LogP contribution in [0.15, 0.2) is 0 Å². The highest BCUT2D eigenvalue weighted by molar-refractivity contribution is 6.85. The van der Waals surface area contributed by atoms with Crippen LogP contribution >= 0.6 is 0 Å². The Kier molecular flexibility index (Phi) is 11.8. The van der Waals surface area contributed by atoms with Crippen molar-refractivity contribution in [3.8, 4) is 0 Å². The lowest BCUT2D eigenvalue weighted by Gasteiger charge is -2.47. The molecule has 0 heterocycles. The topological polar surface area (TPSA) is 55.4 Å². The second-order valence-electron chi connectivity index (χ2n) is 6.19. The Morgan fingerprint density at radius 3 is 1.25 bits per heavy atom. The van der Waals surface area contributed by atoms with E-state index in [1.54, 1.807) is 42.7 Å². The molecule has 0 aliphatic rings. The molecule has 0 fully saturated rings. The first-order chi connectivity index (χ1) is 11.4. The van der Waals surface area contributed by atoms with Gasteiger partial charge in [0.2, 0.25) is 0 Å². The molecular formula is C16H38O6Si2. The highest BCUT2D eigenvalue weighted by Crippen LogP contribution is 2.51. The maximum atomic E-state index is 5.80. The molecule has 0 rings (SSSR count). The lowest BCUT2D eigenvalue weighted by atomic mass is 10.1. The first kappa shape index (κ1) is 24.2. The van der Waals surface area contributed by atoms with Crippen LogP contribution in [0.1, 0.15) is 58.8 Å². The van der Waals surface area contributed by atoms with Crippen LogP contribution in [0.4, 0.5) is 0 Å². The second-order valence-corrected chi connectivity index (χ2v) is 13.6. The molecule has 0 aromatic heterocycles. The number of hydrogen-bond donors (Lipinski definition) is 0. The molecule has 0 bridgehead atoms. The summed E-state index contributed by atoms with van der Waals surface area (Å²) < 4.78 is 34.2. The number of rotatable bonds is 15. The molecule has 146 valence electrons. The van der Waals surface area contributed by atoms with Crippen LogP contribution in [-0.2, 0) is 26.6 Å². The summed E-state index contributed by atoms with van der Waals surface area (Å²) in [6.45, 7) is 4.28. The molecule has 0 aromatic rings. The molecule has 0 N–H and O–H groups in total. The van der Waals surface area contributed by atoms with Gasteiger partial charge in [-0.2, -0.15) is 0 Å². The molecule has 0 radical (unpaired) electrons. The monoisotopic (exact) mass is 382 g/mol. The van der Waals surface area contributed by atoms with E-state index in [1.165, 1.54) is 25.7 Å². The van der Waals surface area contributed by atoms with Crippen molar-refractivity contribution in [2.24, 2.45) is 0 Å². The highest BCUT2D eigenvalue weighted by atomic mass is 28.5. The molecule has 0 unspecified atom stereocenters. The zero-order valence-corrected chi connectivity index (χ0v) is 18.9. The van der Waals surface area contributed by atoms with Crippen molar-refractivity contribution in [2.75, 3.05) is 42.7 Å². The molecule has 0 saturated carbocycles. The summed E-state index contributed by atoms with van der Waals surface area (Å²) in [5.41, 5.74) is 0. The quantitative estimate of drug-likeness (QED) is 0.317. The lowest BCUT2D eigenvalue weighted by molar-refractivity contribution is 0.0547. The maximum Gasteiger partial charge on any atom is 0.510 e. The Morgan fingerprint density at radius 2 is 0.917 bits per heavy atom. The lowest BCUT2D eigenvalue weighted by Crippen LogP contribution is -2.68. The maximum absolute atomic E-state index is 5.80. The van der Waals surface area contributed by atoms with E-state index < -0.39 is 22.3 Å². The van der Waals surface area contributed by atoms with E-state index in [0.29, 0.717) is 0 Å². The van der Waals surface area contributed by atoms with Gasteiger partial charge in [-0.05, 0) is 6.42 Å². The minimum absolute atomic E-state index is 0.582. The van der Waals surface area contributed by atoms with Crippen molar-refractivity contribution in [2.45, 2.75) is 63.5 Å². The third-order valence-corrected chi connectivity index (χ3v) is 13.3. The van der Waals surface area contributed by atoms with E-state index in [1.807, 2.05) is 0 Å². The highest BCUT2D eigenvalue weighted by Gasteiger charge is 2.72. The summed E-state index contributed by atoms with van der Waals surface area (Å²) >= 11 is 0. The van der Waals surface area contributed by atoms with Gasteiger partial charge in [0.25, 0.3) is 0 Å². The summed E-state index contributed by atoms with van der Waals surface area (Å²) in [6, 6.07) is 0. The molecule has 0 aromatic carbocycles. The molecule has 0 atom stereocenters. The zero-order chi connectivity index (χ0) is 18.7. The first-order valence-corrected chi connectivity index (χ1v) is 12.2. The van der Waals surface area contributed by atoms with Crippen LogP contribution in [0.3, 0.4) is 0 Å². The second kappa shape index (κ2) is 11.7. The predicted molar refractivity (Wildman–Crippen MR) is 99.9 cm³/mol. The summed E-state index contributed by atoms with van der Waals surface area (Å²) in [4.78, 5) is 0. The van der Waals surface area contributed by atoms with Gasteiger partial charge in [-0.3, -0.25) is 0 Å². The fourth-order valence-corrected chi connectivity index (χ4v) is 11.6. The largest absolute Gasteiger partial charge is 0.510 e. The molecule has 8 heteroatoms. The molecule has 6 nitrogen and oxygen atoms in total. The Bertz CT molecular complexity index is 285. The smallest absolute Gasteiger partial charge is 0.377 e. The van der Waals surface area contributed by atoms with Gasteiger partial charge in [0.05, 0.1) is 0 Å². The van der Waals surface area contributed by atoms with Crippen LogP contribution in [0.25, 0.3) is 0 Å². The van der Waals surface area contributed by atoms with Crippen molar-refractivity contribution in [3.05, 3.63) is 0 Å². The van der Waals surface area contributed by atoms with E-state index in [0.717, 1.165) is 19.3 Å². The molecule has 0 saturated heterocycles. The number of unbranched alkanes of at least 4 members (excludes halogenated alkanes) is 5. The van der Waals surface area contributed by atoms with E-state index in [4.69, 9.17) is 26.6 Å². The number of hydrogen-bond acceptors (Lipinski definition) is 6. The normalized spacial score (nSPS) is 13.5.